The highest BCUT2D eigenvalue weighted by atomic mass is 16.3. The lowest BCUT2D eigenvalue weighted by Crippen LogP contribution is -2.31. The summed E-state index contributed by atoms with van der Waals surface area (Å²) in [6, 6.07) is 3.18. The molecule has 0 aromatic carbocycles. The minimum atomic E-state index is -0.606. The van der Waals surface area contributed by atoms with Crippen LogP contribution in [0.2, 0.25) is 0 Å². The van der Waals surface area contributed by atoms with Crippen LogP contribution in [0.1, 0.15) is 30.6 Å². The highest BCUT2D eigenvalue weighted by Gasteiger charge is 2.15. The number of aromatic nitrogens is 1. The van der Waals surface area contributed by atoms with E-state index >= 15 is 0 Å². The molecule has 0 amide bonds. The molecule has 0 aliphatic rings. The summed E-state index contributed by atoms with van der Waals surface area (Å²) in [6.45, 7) is 3.39. The summed E-state index contributed by atoms with van der Waals surface area (Å²) in [5.74, 6) is -0.203. The number of hydrogen-bond acceptors (Lipinski definition) is 4. The summed E-state index contributed by atoms with van der Waals surface area (Å²) in [6.07, 6.45) is -0.105. The Labute approximate surface area is 87.4 Å². The van der Waals surface area contributed by atoms with E-state index < -0.39 is 11.7 Å². The highest BCUT2D eigenvalue weighted by molar-refractivity contribution is 5.37. The third-order valence-electron chi connectivity index (χ3n) is 2.28. The van der Waals surface area contributed by atoms with E-state index in [0.29, 0.717) is 12.0 Å². The molecule has 1 rings (SSSR count). The van der Waals surface area contributed by atoms with Gasteiger partial charge in [0.05, 0.1) is 6.17 Å². The van der Waals surface area contributed by atoms with Crippen molar-refractivity contribution >= 4 is 0 Å². The predicted octanol–water partition coefficient (Wildman–Crippen LogP) is 0.601. The SMILES string of the molecule is CCC(N)n1c(O)cc(C)c(C#N)c1=O. The van der Waals surface area contributed by atoms with Gasteiger partial charge in [0.15, 0.2) is 5.88 Å². The zero-order valence-corrected chi connectivity index (χ0v) is 8.69. The number of nitriles is 1. The minimum Gasteiger partial charge on any atom is -0.494 e. The molecule has 0 aliphatic carbocycles. The number of aryl methyl sites for hydroxylation is 1. The highest BCUT2D eigenvalue weighted by Crippen LogP contribution is 2.15. The molecule has 15 heavy (non-hydrogen) atoms. The van der Waals surface area contributed by atoms with Crippen LogP contribution in [0.25, 0.3) is 0 Å². The Bertz CT molecular complexity index is 471. The van der Waals surface area contributed by atoms with Crippen LogP contribution in [0.4, 0.5) is 0 Å². The van der Waals surface area contributed by atoms with E-state index in [1.807, 2.05) is 6.07 Å². The lowest BCUT2D eigenvalue weighted by atomic mass is 10.1. The minimum absolute atomic E-state index is 0.0247. The third-order valence-corrected chi connectivity index (χ3v) is 2.28. The lowest BCUT2D eigenvalue weighted by Gasteiger charge is -2.15. The molecule has 0 radical (unpaired) electrons. The van der Waals surface area contributed by atoms with Crippen LogP contribution in [-0.4, -0.2) is 9.67 Å². The fourth-order valence-electron chi connectivity index (χ4n) is 1.37. The molecular weight excluding hydrogens is 194 g/mol. The Morgan fingerprint density at radius 1 is 1.73 bits per heavy atom. The van der Waals surface area contributed by atoms with Crippen molar-refractivity contribution in [3.05, 3.63) is 27.5 Å². The fourth-order valence-corrected chi connectivity index (χ4v) is 1.37. The van der Waals surface area contributed by atoms with E-state index in [1.165, 1.54) is 6.07 Å². The molecule has 0 fully saturated rings. The van der Waals surface area contributed by atoms with Gasteiger partial charge in [-0.2, -0.15) is 5.26 Å². The van der Waals surface area contributed by atoms with E-state index in [2.05, 4.69) is 0 Å². The molecule has 3 N–H and O–H groups in total. The Kier molecular flexibility index (Phi) is 3.12. The van der Waals surface area contributed by atoms with Gasteiger partial charge in [-0.15, -0.1) is 0 Å². The first kappa shape index (κ1) is 11.3. The van der Waals surface area contributed by atoms with Gasteiger partial charge in [-0.3, -0.25) is 9.36 Å². The van der Waals surface area contributed by atoms with E-state index in [9.17, 15) is 9.90 Å². The summed E-state index contributed by atoms with van der Waals surface area (Å²) in [5.41, 5.74) is 5.61. The number of hydrogen-bond donors (Lipinski definition) is 2. The largest absolute Gasteiger partial charge is 0.494 e. The second kappa shape index (κ2) is 4.15. The van der Waals surface area contributed by atoms with Crippen molar-refractivity contribution in [1.82, 2.24) is 4.57 Å². The third kappa shape index (κ3) is 1.85. The molecule has 1 aromatic heterocycles. The van der Waals surface area contributed by atoms with Gasteiger partial charge in [-0.25, -0.2) is 0 Å². The Balaban J connectivity index is 3.55. The van der Waals surface area contributed by atoms with Crippen molar-refractivity contribution in [2.24, 2.45) is 5.73 Å². The molecule has 0 aliphatic heterocycles. The molecular formula is C10H13N3O2. The first-order chi connectivity index (χ1) is 7.02. The first-order valence-electron chi connectivity index (χ1n) is 4.63. The molecule has 5 nitrogen and oxygen atoms in total. The van der Waals surface area contributed by atoms with Crippen LogP contribution in [0.3, 0.4) is 0 Å². The average molecular weight is 207 g/mol. The van der Waals surface area contributed by atoms with Crippen molar-refractivity contribution in [2.75, 3.05) is 0 Å². The molecule has 0 spiro atoms. The molecule has 80 valence electrons. The molecule has 1 aromatic rings. The van der Waals surface area contributed by atoms with Crippen LogP contribution in [0.15, 0.2) is 10.9 Å². The smallest absolute Gasteiger partial charge is 0.272 e. The van der Waals surface area contributed by atoms with Gasteiger partial charge in [0, 0.05) is 6.07 Å². The molecule has 1 heterocycles. The standard InChI is InChI=1S/C10H13N3O2/c1-3-8(12)13-9(14)4-6(2)7(5-11)10(13)15/h4,8,14H,3,12H2,1-2H3. The Morgan fingerprint density at radius 2 is 2.33 bits per heavy atom. The van der Waals surface area contributed by atoms with E-state index in [1.54, 1.807) is 13.8 Å². The van der Waals surface area contributed by atoms with E-state index in [-0.39, 0.29) is 11.4 Å². The second-order valence-corrected chi connectivity index (χ2v) is 3.32. The Morgan fingerprint density at radius 3 is 2.80 bits per heavy atom. The zero-order valence-electron chi connectivity index (χ0n) is 8.69. The lowest BCUT2D eigenvalue weighted by molar-refractivity contribution is 0.365. The maximum atomic E-state index is 11.7. The number of nitrogens with zero attached hydrogens (tertiary/aromatic N) is 2. The van der Waals surface area contributed by atoms with Gasteiger partial charge in [0.2, 0.25) is 0 Å². The van der Waals surface area contributed by atoms with Gasteiger partial charge in [0.25, 0.3) is 5.56 Å². The normalized spacial score (nSPS) is 12.1. The van der Waals surface area contributed by atoms with Gasteiger partial charge >= 0.3 is 0 Å². The summed E-state index contributed by atoms with van der Waals surface area (Å²) < 4.78 is 1.03. The maximum Gasteiger partial charge on any atom is 0.272 e. The van der Waals surface area contributed by atoms with Crippen molar-refractivity contribution in [2.45, 2.75) is 26.4 Å². The van der Waals surface area contributed by atoms with Crippen molar-refractivity contribution < 1.29 is 5.11 Å². The zero-order chi connectivity index (χ0) is 11.6. The molecule has 1 unspecified atom stereocenters. The number of aromatic hydroxyl groups is 1. The first-order valence-corrected chi connectivity index (χ1v) is 4.63. The monoisotopic (exact) mass is 207 g/mol. The topological polar surface area (TPSA) is 92.0 Å². The predicted molar refractivity (Wildman–Crippen MR) is 55.3 cm³/mol. The van der Waals surface area contributed by atoms with Crippen molar-refractivity contribution in [3.63, 3.8) is 0 Å². The second-order valence-electron chi connectivity index (χ2n) is 3.32. The summed E-state index contributed by atoms with van der Waals surface area (Å²) in [5, 5.41) is 18.4. The van der Waals surface area contributed by atoms with Crippen LogP contribution in [0.5, 0.6) is 5.88 Å². The summed E-state index contributed by atoms with van der Waals surface area (Å²) in [4.78, 5) is 11.7. The van der Waals surface area contributed by atoms with Crippen LogP contribution in [-0.2, 0) is 0 Å². The van der Waals surface area contributed by atoms with Gasteiger partial charge in [-0.1, -0.05) is 6.92 Å². The molecule has 0 bridgehead atoms. The summed E-state index contributed by atoms with van der Waals surface area (Å²) in [7, 11) is 0. The number of rotatable bonds is 2. The number of nitrogens with two attached hydrogens (primary N) is 1. The molecule has 0 saturated heterocycles. The molecule has 5 heteroatoms. The fraction of sp³-hybridized carbons (Fsp3) is 0.400. The van der Waals surface area contributed by atoms with E-state index in [4.69, 9.17) is 11.0 Å². The van der Waals surface area contributed by atoms with Crippen LogP contribution < -0.4 is 11.3 Å². The van der Waals surface area contributed by atoms with Gasteiger partial charge in [0.1, 0.15) is 11.6 Å². The van der Waals surface area contributed by atoms with Crippen LogP contribution >= 0.6 is 0 Å². The van der Waals surface area contributed by atoms with E-state index in [0.717, 1.165) is 4.57 Å². The van der Waals surface area contributed by atoms with Gasteiger partial charge in [-0.05, 0) is 18.9 Å². The van der Waals surface area contributed by atoms with Crippen molar-refractivity contribution in [1.29, 1.82) is 5.26 Å². The molecule has 1 atom stereocenters. The van der Waals surface area contributed by atoms with Crippen LogP contribution in [0, 0.1) is 18.3 Å². The number of pyridine rings is 1. The summed E-state index contributed by atoms with van der Waals surface area (Å²) >= 11 is 0. The molecule has 0 saturated carbocycles. The van der Waals surface area contributed by atoms with Gasteiger partial charge < -0.3 is 10.8 Å². The maximum absolute atomic E-state index is 11.7. The quantitative estimate of drug-likeness (QED) is 0.742. The average Bonchev–Trinajstić information content (AvgIpc) is 2.17. The van der Waals surface area contributed by atoms with Crippen molar-refractivity contribution in [3.8, 4) is 11.9 Å². The Hall–Kier alpha value is -1.80.